The lowest BCUT2D eigenvalue weighted by molar-refractivity contribution is 0.162. The zero-order chi connectivity index (χ0) is 14.6. The second kappa shape index (κ2) is 8.24. The van der Waals surface area contributed by atoms with Crippen molar-refractivity contribution >= 4 is 41.7 Å². The number of nitrogens with one attached hydrogen (secondary N) is 1. The van der Waals surface area contributed by atoms with E-state index >= 15 is 0 Å². The summed E-state index contributed by atoms with van der Waals surface area (Å²) in [6.07, 6.45) is 1.12. The van der Waals surface area contributed by atoms with Gasteiger partial charge in [0.05, 0.1) is 13.2 Å². The van der Waals surface area contributed by atoms with Crippen LogP contribution in [0.2, 0.25) is 0 Å². The lowest BCUT2D eigenvalue weighted by Gasteiger charge is -2.39. The summed E-state index contributed by atoms with van der Waals surface area (Å²) < 4.78 is 5.84. The summed E-state index contributed by atoms with van der Waals surface area (Å²) in [5.74, 6) is 2.26. The van der Waals surface area contributed by atoms with Gasteiger partial charge >= 0.3 is 0 Å². The van der Waals surface area contributed by atoms with Gasteiger partial charge in [-0.1, -0.05) is 6.92 Å². The van der Waals surface area contributed by atoms with Gasteiger partial charge in [0.2, 0.25) is 0 Å². The molecule has 2 aliphatic rings. The quantitative estimate of drug-likeness (QED) is 0.427. The van der Waals surface area contributed by atoms with E-state index in [-0.39, 0.29) is 29.4 Å². The molecule has 21 heavy (non-hydrogen) atoms. The highest BCUT2D eigenvalue weighted by molar-refractivity contribution is 14.0. The number of ether oxygens (including phenoxy) is 1. The van der Waals surface area contributed by atoms with E-state index in [1.54, 1.807) is 0 Å². The molecule has 0 radical (unpaired) electrons. The van der Waals surface area contributed by atoms with E-state index in [0.717, 1.165) is 51.8 Å². The first-order valence-electron chi connectivity index (χ1n) is 7.69. The Morgan fingerprint density at radius 3 is 2.71 bits per heavy atom. The lowest BCUT2D eigenvalue weighted by Crippen LogP contribution is -2.51. The van der Waals surface area contributed by atoms with Gasteiger partial charge < -0.3 is 15.0 Å². The van der Waals surface area contributed by atoms with Crippen molar-refractivity contribution in [1.82, 2.24) is 10.2 Å². The summed E-state index contributed by atoms with van der Waals surface area (Å²) in [4.78, 5) is 7.31. The Kier molecular flexibility index (Phi) is 7.60. The zero-order valence-electron chi connectivity index (χ0n) is 13.8. The Morgan fingerprint density at radius 2 is 2.14 bits per heavy atom. The Morgan fingerprint density at radius 1 is 1.38 bits per heavy atom. The van der Waals surface area contributed by atoms with Crippen LogP contribution in [0.5, 0.6) is 0 Å². The van der Waals surface area contributed by atoms with Crippen LogP contribution in [-0.4, -0.2) is 60.8 Å². The molecule has 0 spiro atoms. The van der Waals surface area contributed by atoms with Crippen LogP contribution in [-0.2, 0) is 4.74 Å². The number of rotatable bonds is 3. The molecule has 2 aliphatic heterocycles. The van der Waals surface area contributed by atoms with Gasteiger partial charge in [-0.15, -0.1) is 24.0 Å². The molecule has 2 fully saturated rings. The summed E-state index contributed by atoms with van der Waals surface area (Å²) >= 11 is 2.06. The molecule has 0 aliphatic carbocycles. The molecular weight excluding hydrogens is 397 g/mol. The second-order valence-corrected chi connectivity index (χ2v) is 8.62. The molecule has 1 N–H and O–H groups in total. The minimum atomic E-state index is 0. The highest BCUT2D eigenvalue weighted by Gasteiger charge is 2.31. The van der Waals surface area contributed by atoms with Gasteiger partial charge in [0.25, 0.3) is 0 Å². The molecule has 124 valence electrons. The fourth-order valence-electron chi connectivity index (χ4n) is 2.72. The van der Waals surface area contributed by atoms with Gasteiger partial charge in [-0.05, 0) is 27.2 Å². The Balaban J connectivity index is 0.00000220. The van der Waals surface area contributed by atoms with Crippen LogP contribution in [0.3, 0.4) is 0 Å². The fourth-order valence-corrected chi connectivity index (χ4v) is 3.83. The fraction of sp³-hybridized carbons (Fsp3) is 0.933. The van der Waals surface area contributed by atoms with Crippen LogP contribution in [0.4, 0.5) is 0 Å². The number of hydrogen-bond donors (Lipinski definition) is 1. The third kappa shape index (κ3) is 5.78. The Bertz CT molecular complexity index is 357. The number of guanidine groups is 1. The first-order chi connectivity index (χ1) is 9.44. The maximum absolute atomic E-state index is 5.52. The largest absolute Gasteiger partial charge is 0.381 e. The summed E-state index contributed by atoms with van der Waals surface area (Å²) in [5, 5.41) is 3.46. The first-order valence-corrected chi connectivity index (χ1v) is 8.68. The molecule has 6 heteroatoms. The third-order valence-electron chi connectivity index (χ3n) is 3.97. The normalized spacial score (nSPS) is 29.1. The molecule has 2 saturated heterocycles. The van der Waals surface area contributed by atoms with Crippen molar-refractivity contribution < 1.29 is 4.74 Å². The van der Waals surface area contributed by atoms with Crippen molar-refractivity contribution in [2.45, 2.75) is 38.9 Å². The molecule has 0 aromatic carbocycles. The van der Waals surface area contributed by atoms with Crippen molar-refractivity contribution in [3.05, 3.63) is 0 Å². The number of thioether (sulfide) groups is 1. The Hall–Kier alpha value is 0.310. The first kappa shape index (κ1) is 19.4. The summed E-state index contributed by atoms with van der Waals surface area (Å²) in [6.45, 7) is 14.7. The van der Waals surface area contributed by atoms with Gasteiger partial charge in [0.1, 0.15) is 0 Å². The van der Waals surface area contributed by atoms with Gasteiger partial charge in [0, 0.05) is 42.2 Å². The average Bonchev–Trinajstić information content (AvgIpc) is 2.80. The number of halogens is 1. The van der Waals surface area contributed by atoms with Crippen LogP contribution >= 0.6 is 35.7 Å². The number of hydrogen-bond acceptors (Lipinski definition) is 3. The molecular formula is C15H30IN3OS. The SMILES string of the molecule is CCNC(=NCC1(C)CCOC1)N1CCSC(C)(C)C1.I. The van der Waals surface area contributed by atoms with Crippen molar-refractivity contribution in [3.8, 4) is 0 Å². The number of nitrogens with zero attached hydrogens (tertiary/aromatic N) is 2. The van der Waals surface area contributed by atoms with E-state index in [9.17, 15) is 0 Å². The topological polar surface area (TPSA) is 36.9 Å². The molecule has 1 atom stereocenters. The third-order valence-corrected chi connectivity index (χ3v) is 5.27. The highest BCUT2D eigenvalue weighted by Crippen LogP contribution is 2.30. The van der Waals surface area contributed by atoms with Crippen molar-refractivity contribution in [3.63, 3.8) is 0 Å². The van der Waals surface area contributed by atoms with Crippen LogP contribution in [0.1, 0.15) is 34.1 Å². The van der Waals surface area contributed by atoms with Gasteiger partial charge in [0.15, 0.2) is 5.96 Å². The highest BCUT2D eigenvalue weighted by atomic mass is 127. The molecule has 0 aromatic heterocycles. The zero-order valence-corrected chi connectivity index (χ0v) is 16.9. The minimum absolute atomic E-state index is 0. The van der Waals surface area contributed by atoms with E-state index in [4.69, 9.17) is 9.73 Å². The van der Waals surface area contributed by atoms with Crippen LogP contribution in [0, 0.1) is 5.41 Å². The maximum atomic E-state index is 5.52. The summed E-state index contributed by atoms with van der Waals surface area (Å²) in [5.41, 5.74) is 0.223. The van der Waals surface area contributed by atoms with E-state index in [1.807, 2.05) is 0 Å². The molecule has 1 unspecified atom stereocenters. The van der Waals surface area contributed by atoms with Crippen molar-refractivity contribution in [2.24, 2.45) is 10.4 Å². The summed E-state index contributed by atoms with van der Waals surface area (Å²) in [6, 6.07) is 0. The minimum Gasteiger partial charge on any atom is -0.381 e. The summed E-state index contributed by atoms with van der Waals surface area (Å²) in [7, 11) is 0. The molecule has 4 nitrogen and oxygen atoms in total. The lowest BCUT2D eigenvalue weighted by atomic mass is 9.90. The smallest absolute Gasteiger partial charge is 0.194 e. The van der Waals surface area contributed by atoms with Crippen molar-refractivity contribution in [1.29, 1.82) is 0 Å². The average molecular weight is 427 g/mol. The van der Waals surface area contributed by atoms with Crippen LogP contribution in [0.15, 0.2) is 4.99 Å². The van der Waals surface area contributed by atoms with Gasteiger partial charge in [-0.25, -0.2) is 0 Å². The van der Waals surface area contributed by atoms with Crippen LogP contribution < -0.4 is 5.32 Å². The predicted octanol–water partition coefficient (Wildman–Crippen LogP) is 2.82. The maximum Gasteiger partial charge on any atom is 0.194 e. The number of aliphatic imine (C=N–C) groups is 1. The standard InChI is InChI=1S/C15H29N3OS.HI/c1-5-16-13(17-10-15(4)6-8-19-12-15)18-7-9-20-14(2,3)11-18;/h5-12H2,1-4H3,(H,16,17);1H. The predicted molar refractivity (Wildman–Crippen MR) is 103 cm³/mol. The second-order valence-electron chi connectivity index (χ2n) is 6.81. The Labute approximate surface area is 150 Å². The molecule has 2 rings (SSSR count). The van der Waals surface area contributed by atoms with Crippen molar-refractivity contribution in [2.75, 3.05) is 45.1 Å². The van der Waals surface area contributed by atoms with E-state index in [1.165, 1.54) is 5.75 Å². The van der Waals surface area contributed by atoms with Crippen LogP contribution in [0.25, 0.3) is 0 Å². The van der Waals surface area contributed by atoms with Gasteiger partial charge in [-0.2, -0.15) is 11.8 Å². The molecule has 0 aromatic rings. The molecule has 2 heterocycles. The van der Waals surface area contributed by atoms with E-state index < -0.39 is 0 Å². The molecule has 0 amide bonds. The van der Waals surface area contributed by atoms with Gasteiger partial charge in [-0.3, -0.25) is 4.99 Å². The monoisotopic (exact) mass is 427 g/mol. The molecule has 0 bridgehead atoms. The van der Waals surface area contributed by atoms with E-state index in [2.05, 4.69) is 49.7 Å². The molecule has 0 saturated carbocycles. The van der Waals surface area contributed by atoms with E-state index in [0.29, 0.717) is 4.75 Å².